The highest BCUT2D eigenvalue weighted by atomic mass is 16.3. The van der Waals surface area contributed by atoms with Crippen molar-refractivity contribution >= 4 is 0 Å². The van der Waals surface area contributed by atoms with Crippen LogP contribution >= 0.6 is 0 Å². The van der Waals surface area contributed by atoms with Gasteiger partial charge < -0.3 is 5.11 Å². The standard InChI is InChI=1S/C11H21NO/c1-6-8-10(7-2)12-9(3)11(4,5)13/h2,9-10,12-13H,6,8H2,1,3-5H3. The van der Waals surface area contributed by atoms with Crippen LogP contribution in [0.25, 0.3) is 0 Å². The maximum Gasteiger partial charge on any atom is 0.0741 e. The third kappa shape index (κ3) is 4.92. The molecule has 0 radical (unpaired) electrons. The Morgan fingerprint density at radius 1 is 1.54 bits per heavy atom. The molecule has 0 aromatic rings. The summed E-state index contributed by atoms with van der Waals surface area (Å²) >= 11 is 0. The van der Waals surface area contributed by atoms with Gasteiger partial charge in [-0.25, -0.2) is 0 Å². The third-order valence-electron chi connectivity index (χ3n) is 2.29. The van der Waals surface area contributed by atoms with Gasteiger partial charge in [0.25, 0.3) is 0 Å². The largest absolute Gasteiger partial charge is 0.389 e. The van der Waals surface area contributed by atoms with Gasteiger partial charge in [-0.2, -0.15) is 0 Å². The van der Waals surface area contributed by atoms with Crippen LogP contribution in [0.1, 0.15) is 40.5 Å². The van der Waals surface area contributed by atoms with Gasteiger partial charge in [-0.05, 0) is 27.2 Å². The van der Waals surface area contributed by atoms with Crippen molar-refractivity contribution in [2.24, 2.45) is 0 Å². The van der Waals surface area contributed by atoms with Gasteiger partial charge in [-0.15, -0.1) is 6.42 Å². The minimum Gasteiger partial charge on any atom is -0.389 e. The summed E-state index contributed by atoms with van der Waals surface area (Å²) in [4.78, 5) is 0. The molecule has 2 nitrogen and oxygen atoms in total. The third-order valence-corrected chi connectivity index (χ3v) is 2.29. The Morgan fingerprint density at radius 2 is 2.08 bits per heavy atom. The first-order chi connectivity index (χ1) is 5.91. The molecule has 2 N–H and O–H groups in total. The Bertz CT molecular complexity index is 176. The normalized spacial score (nSPS) is 16.3. The Hall–Kier alpha value is -0.520. The van der Waals surface area contributed by atoms with E-state index in [2.05, 4.69) is 18.2 Å². The second-order valence-corrected chi connectivity index (χ2v) is 4.05. The summed E-state index contributed by atoms with van der Waals surface area (Å²) in [6, 6.07) is 0.0894. The predicted molar refractivity (Wildman–Crippen MR) is 56.4 cm³/mol. The summed E-state index contributed by atoms with van der Waals surface area (Å²) in [5.74, 6) is 2.68. The number of nitrogens with one attached hydrogen (secondary N) is 1. The van der Waals surface area contributed by atoms with Crippen molar-refractivity contribution in [3.05, 3.63) is 0 Å². The first-order valence-electron chi connectivity index (χ1n) is 4.86. The van der Waals surface area contributed by atoms with Crippen LogP contribution in [0.5, 0.6) is 0 Å². The van der Waals surface area contributed by atoms with Crippen molar-refractivity contribution in [2.45, 2.75) is 58.2 Å². The number of terminal acetylenes is 1. The lowest BCUT2D eigenvalue weighted by molar-refractivity contribution is 0.0418. The summed E-state index contributed by atoms with van der Waals surface area (Å²) in [7, 11) is 0. The van der Waals surface area contributed by atoms with E-state index in [9.17, 15) is 5.11 Å². The molecule has 0 fully saturated rings. The minimum atomic E-state index is -0.719. The zero-order valence-electron chi connectivity index (χ0n) is 9.09. The van der Waals surface area contributed by atoms with Crippen molar-refractivity contribution < 1.29 is 5.11 Å². The van der Waals surface area contributed by atoms with Crippen LogP contribution in [0.3, 0.4) is 0 Å². The minimum absolute atomic E-state index is 0.0140. The van der Waals surface area contributed by atoms with Gasteiger partial charge in [-0.3, -0.25) is 5.32 Å². The van der Waals surface area contributed by atoms with Gasteiger partial charge in [0, 0.05) is 6.04 Å². The monoisotopic (exact) mass is 183 g/mol. The molecule has 0 heterocycles. The lowest BCUT2D eigenvalue weighted by Crippen LogP contribution is -2.48. The average molecular weight is 183 g/mol. The summed E-state index contributed by atoms with van der Waals surface area (Å²) in [6.45, 7) is 7.61. The molecular formula is C11H21NO. The molecule has 0 amide bonds. The molecule has 2 heteroatoms. The second kappa shape index (κ2) is 5.26. The predicted octanol–water partition coefficient (Wildman–Crippen LogP) is 1.54. The van der Waals surface area contributed by atoms with E-state index < -0.39 is 5.60 Å². The van der Waals surface area contributed by atoms with E-state index in [-0.39, 0.29) is 12.1 Å². The fourth-order valence-corrected chi connectivity index (χ4v) is 1.01. The van der Waals surface area contributed by atoms with Crippen LogP contribution in [0.4, 0.5) is 0 Å². The topological polar surface area (TPSA) is 32.3 Å². The SMILES string of the molecule is C#CC(CCC)NC(C)C(C)(C)O. The van der Waals surface area contributed by atoms with Crippen LogP contribution in [-0.2, 0) is 0 Å². The molecule has 0 aliphatic heterocycles. The molecule has 0 aromatic carbocycles. The van der Waals surface area contributed by atoms with E-state index in [4.69, 9.17) is 6.42 Å². The molecule has 0 aromatic heterocycles. The molecule has 0 rings (SSSR count). The highest BCUT2D eigenvalue weighted by Gasteiger charge is 2.23. The van der Waals surface area contributed by atoms with Crippen LogP contribution in [0.15, 0.2) is 0 Å². The smallest absolute Gasteiger partial charge is 0.0741 e. The lowest BCUT2D eigenvalue weighted by Gasteiger charge is -2.29. The summed E-state index contributed by atoms with van der Waals surface area (Å²) in [6.07, 6.45) is 7.37. The molecule has 0 aliphatic carbocycles. The van der Waals surface area contributed by atoms with E-state index in [1.54, 1.807) is 13.8 Å². The first-order valence-corrected chi connectivity index (χ1v) is 4.86. The summed E-state index contributed by atoms with van der Waals surface area (Å²) in [5, 5.41) is 12.9. The molecule has 0 bridgehead atoms. The number of hydrogen-bond donors (Lipinski definition) is 2. The molecule has 76 valence electrons. The van der Waals surface area contributed by atoms with Gasteiger partial charge in [0.1, 0.15) is 0 Å². The van der Waals surface area contributed by atoms with Gasteiger partial charge in [-0.1, -0.05) is 19.3 Å². The number of aliphatic hydroxyl groups is 1. The first kappa shape index (κ1) is 12.5. The van der Waals surface area contributed by atoms with Crippen LogP contribution < -0.4 is 5.32 Å². The van der Waals surface area contributed by atoms with Gasteiger partial charge in [0.15, 0.2) is 0 Å². The van der Waals surface area contributed by atoms with Gasteiger partial charge in [0.05, 0.1) is 11.6 Å². The Morgan fingerprint density at radius 3 is 2.38 bits per heavy atom. The second-order valence-electron chi connectivity index (χ2n) is 4.05. The van der Waals surface area contributed by atoms with Gasteiger partial charge in [0.2, 0.25) is 0 Å². The molecule has 0 spiro atoms. The molecule has 0 aliphatic rings. The van der Waals surface area contributed by atoms with E-state index in [0.29, 0.717) is 0 Å². The van der Waals surface area contributed by atoms with E-state index in [0.717, 1.165) is 12.8 Å². The van der Waals surface area contributed by atoms with Crippen molar-refractivity contribution in [3.8, 4) is 12.3 Å². The van der Waals surface area contributed by atoms with Crippen molar-refractivity contribution in [2.75, 3.05) is 0 Å². The van der Waals surface area contributed by atoms with Crippen molar-refractivity contribution in [1.82, 2.24) is 5.32 Å². The fourth-order valence-electron chi connectivity index (χ4n) is 1.01. The van der Waals surface area contributed by atoms with E-state index in [1.807, 2.05) is 6.92 Å². The zero-order valence-corrected chi connectivity index (χ0v) is 9.09. The fraction of sp³-hybridized carbons (Fsp3) is 0.818. The maximum atomic E-state index is 9.67. The summed E-state index contributed by atoms with van der Waals surface area (Å²) < 4.78 is 0. The Labute approximate surface area is 81.7 Å². The van der Waals surface area contributed by atoms with Crippen LogP contribution in [-0.4, -0.2) is 22.8 Å². The summed E-state index contributed by atoms with van der Waals surface area (Å²) in [5.41, 5.74) is -0.719. The quantitative estimate of drug-likeness (QED) is 0.634. The Balaban J connectivity index is 4.03. The highest BCUT2D eigenvalue weighted by Crippen LogP contribution is 2.09. The van der Waals surface area contributed by atoms with Crippen LogP contribution in [0, 0.1) is 12.3 Å². The highest BCUT2D eigenvalue weighted by molar-refractivity contribution is 5.00. The number of hydrogen-bond acceptors (Lipinski definition) is 2. The van der Waals surface area contributed by atoms with Crippen molar-refractivity contribution in [1.29, 1.82) is 0 Å². The molecule has 13 heavy (non-hydrogen) atoms. The molecule has 0 saturated heterocycles. The molecule has 2 unspecified atom stereocenters. The molecule has 0 saturated carbocycles. The number of rotatable bonds is 5. The molecule has 2 atom stereocenters. The van der Waals surface area contributed by atoms with Crippen molar-refractivity contribution in [3.63, 3.8) is 0 Å². The zero-order chi connectivity index (χ0) is 10.5. The van der Waals surface area contributed by atoms with E-state index >= 15 is 0 Å². The van der Waals surface area contributed by atoms with E-state index in [1.165, 1.54) is 0 Å². The molecular weight excluding hydrogens is 162 g/mol. The van der Waals surface area contributed by atoms with Gasteiger partial charge >= 0.3 is 0 Å². The lowest BCUT2D eigenvalue weighted by atomic mass is 9.99. The van der Waals surface area contributed by atoms with Crippen LogP contribution in [0.2, 0.25) is 0 Å². The maximum absolute atomic E-state index is 9.67. The average Bonchev–Trinajstić information content (AvgIpc) is 2.01. The Kier molecular flexibility index (Phi) is 5.05.